The highest BCUT2D eigenvalue weighted by Gasteiger charge is 2.14. The molecule has 2 heteroatoms. The molecule has 0 unspecified atom stereocenters. The van der Waals surface area contributed by atoms with Crippen LogP contribution in [0.1, 0.15) is 47.0 Å². The summed E-state index contributed by atoms with van der Waals surface area (Å²) < 4.78 is 0. The van der Waals surface area contributed by atoms with Gasteiger partial charge in [0.1, 0.15) is 0 Å². The summed E-state index contributed by atoms with van der Waals surface area (Å²) in [5.74, 6) is 1.22. The lowest BCUT2D eigenvalue weighted by Crippen LogP contribution is -2.35. The van der Waals surface area contributed by atoms with Gasteiger partial charge in [-0.3, -0.25) is 4.99 Å². The summed E-state index contributed by atoms with van der Waals surface area (Å²) in [5, 5.41) is 0. The number of amidine groups is 1. The normalized spacial score (nSPS) is 20.6. The van der Waals surface area contributed by atoms with Crippen LogP contribution in [0.2, 0.25) is 0 Å². The molecular formula is C11H22N2. The molecule has 0 atom stereocenters. The van der Waals surface area contributed by atoms with Crippen LogP contribution in [-0.4, -0.2) is 29.4 Å². The molecule has 1 heterocycles. The molecule has 1 aliphatic rings. The van der Waals surface area contributed by atoms with Gasteiger partial charge in [-0.25, -0.2) is 0 Å². The van der Waals surface area contributed by atoms with Gasteiger partial charge in [0.15, 0.2) is 0 Å². The fourth-order valence-corrected chi connectivity index (χ4v) is 1.77. The molecule has 0 aromatic rings. The molecule has 1 aliphatic heterocycles. The van der Waals surface area contributed by atoms with Crippen molar-refractivity contribution in [3.05, 3.63) is 0 Å². The molecule has 1 fully saturated rings. The van der Waals surface area contributed by atoms with E-state index in [4.69, 9.17) is 0 Å². The number of hydrogen-bond acceptors (Lipinski definition) is 1. The Kier molecular flexibility index (Phi) is 3.34. The number of hydrogen-bond donors (Lipinski definition) is 0. The van der Waals surface area contributed by atoms with Gasteiger partial charge in [0.2, 0.25) is 0 Å². The number of aliphatic imine (C=N–C) groups is 1. The highest BCUT2D eigenvalue weighted by atomic mass is 15.2. The molecule has 0 saturated carbocycles. The quantitative estimate of drug-likeness (QED) is 0.415. The SMILES string of the molecule is CC(=NC(C)(C)C)N1CCCCC1. The van der Waals surface area contributed by atoms with E-state index in [9.17, 15) is 0 Å². The van der Waals surface area contributed by atoms with Crippen molar-refractivity contribution in [1.29, 1.82) is 0 Å². The first kappa shape index (κ1) is 10.6. The third-order valence-electron chi connectivity index (χ3n) is 2.31. The first-order valence-corrected chi connectivity index (χ1v) is 5.30. The maximum atomic E-state index is 4.68. The van der Waals surface area contributed by atoms with Gasteiger partial charge in [0.05, 0.1) is 11.4 Å². The lowest BCUT2D eigenvalue weighted by molar-refractivity contribution is 0.336. The van der Waals surface area contributed by atoms with Crippen LogP contribution in [-0.2, 0) is 0 Å². The van der Waals surface area contributed by atoms with E-state index in [0.29, 0.717) is 0 Å². The van der Waals surface area contributed by atoms with Crippen molar-refractivity contribution in [2.45, 2.75) is 52.5 Å². The predicted octanol–water partition coefficient (Wildman–Crippen LogP) is 2.69. The second kappa shape index (κ2) is 4.12. The number of likely N-dealkylation sites (tertiary alicyclic amines) is 1. The average Bonchev–Trinajstić information content (AvgIpc) is 2.03. The summed E-state index contributed by atoms with van der Waals surface area (Å²) >= 11 is 0. The Morgan fingerprint density at radius 1 is 1.08 bits per heavy atom. The molecule has 2 nitrogen and oxygen atoms in total. The van der Waals surface area contributed by atoms with Gasteiger partial charge < -0.3 is 4.90 Å². The van der Waals surface area contributed by atoms with E-state index in [1.165, 1.54) is 38.2 Å². The van der Waals surface area contributed by atoms with Crippen LogP contribution in [0.4, 0.5) is 0 Å². The topological polar surface area (TPSA) is 15.6 Å². The standard InChI is InChI=1S/C11H22N2/c1-10(12-11(2,3)4)13-8-6-5-7-9-13/h5-9H2,1-4H3. The van der Waals surface area contributed by atoms with Crippen LogP contribution in [0, 0.1) is 0 Å². The lowest BCUT2D eigenvalue weighted by Gasteiger charge is -2.30. The largest absolute Gasteiger partial charge is 0.361 e. The van der Waals surface area contributed by atoms with Crippen LogP contribution in [0.5, 0.6) is 0 Å². The molecule has 13 heavy (non-hydrogen) atoms. The monoisotopic (exact) mass is 182 g/mol. The minimum atomic E-state index is 0.0710. The van der Waals surface area contributed by atoms with Gasteiger partial charge in [-0.15, -0.1) is 0 Å². The van der Waals surface area contributed by atoms with Crippen LogP contribution < -0.4 is 0 Å². The van der Waals surface area contributed by atoms with E-state index in [2.05, 4.69) is 37.6 Å². The van der Waals surface area contributed by atoms with Crippen LogP contribution >= 0.6 is 0 Å². The molecule has 0 amide bonds. The number of piperidine rings is 1. The molecule has 0 spiro atoms. The Morgan fingerprint density at radius 3 is 2.08 bits per heavy atom. The summed E-state index contributed by atoms with van der Waals surface area (Å²) in [7, 11) is 0. The molecule has 0 aromatic heterocycles. The van der Waals surface area contributed by atoms with Gasteiger partial charge in [-0.05, 0) is 47.0 Å². The van der Waals surface area contributed by atoms with Gasteiger partial charge in [-0.1, -0.05) is 0 Å². The minimum absolute atomic E-state index is 0.0710. The smallest absolute Gasteiger partial charge is 0.0964 e. The van der Waals surface area contributed by atoms with E-state index in [-0.39, 0.29) is 5.54 Å². The Morgan fingerprint density at radius 2 is 1.62 bits per heavy atom. The average molecular weight is 182 g/mol. The summed E-state index contributed by atoms with van der Waals surface area (Å²) in [5.41, 5.74) is 0.0710. The maximum absolute atomic E-state index is 4.68. The van der Waals surface area contributed by atoms with Crippen LogP contribution in [0.25, 0.3) is 0 Å². The number of nitrogens with zero attached hydrogens (tertiary/aromatic N) is 2. The summed E-state index contributed by atoms with van der Waals surface area (Å²) in [6, 6.07) is 0. The van der Waals surface area contributed by atoms with E-state index in [1.54, 1.807) is 0 Å². The molecule has 0 radical (unpaired) electrons. The zero-order valence-corrected chi connectivity index (χ0v) is 9.43. The van der Waals surface area contributed by atoms with Crippen LogP contribution in [0.15, 0.2) is 4.99 Å². The van der Waals surface area contributed by atoms with Crippen LogP contribution in [0.3, 0.4) is 0 Å². The molecule has 0 N–H and O–H groups in total. The van der Waals surface area contributed by atoms with Crippen molar-refractivity contribution < 1.29 is 0 Å². The van der Waals surface area contributed by atoms with E-state index in [1.807, 2.05) is 0 Å². The van der Waals surface area contributed by atoms with Crippen molar-refractivity contribution in [3.63, 3.8) is 0 Å². The second-order valence-electron chi connectivity index (χ2n) is 4.88. The predicted molar refractivity (Wildman–Crippen MR) is 58.3 cm³/mol. The third kappa shape index (κ3) is 3.79. The fourth-order valence-electron chi connectivity index (χ4n) is 1.77. The van der Waals surface area contributed by atoms with E-state index < -0.39 is 0 Å². The highest BCUT2D eigenvalue weighted by Crippen LogP contribution is 2.13. The number of rotatable bonds is 0. The fraction of sp³-hybridized carbons (Fsp3) is 0.909. The Bertz CT molecular complexity index is 183. The molecule has 0 bridgehead atoms. The zero-order chi connectivity index (χ0) is 9.90. The molecule has 1 saturated heterocycles. The van der Waals surface area contributed by atoms with Crippen molar-refractivity contribution in [1.82, 2.24) is 4.90 Å². The molecule has 76 valence electrons. The summed E-state index contributed by atoms with van der Waals surface area (Å²) in [4.78, 5) is 7.09. The van der Waals surface area contributed by atoms with Crippen molar-refractivity contribution in [3.8, 4) is 0 Å². The van der Waals surface area contributed by atoms with Gasteiger partial charge in [0, 0.05) is 13.1 Å². The lowest BCUT2D eigenvalue weighted by atomic mass is 10.1. The van der Waals surface area contributed by atoms with Gasteiger partial charge in [-0.2, -0.15) is 0 Å². The Labute approximate surface area is 82.0 Å². The first-order valence-electron chi connectivity index (χ1n) is 5.30. The van der Waals surface area contributed by atoms with Gasteiger partial charge in [0.25, 0.3) is 0 Å². The highest BCUT2D eigenvalue weighted by molar-refractivity contribution is 5.80. The summed E-state index contributed by atoms with van der Waals surface area (Å²) in [6.45, 7) is 11.0. The molecule has 1 rings (SSSR count). The first-order chi connectivity index (χ1) is 5.99. The molecule has 0 aliphatic carbocycles. The van der Waals surface area contributed by atoms with Crippen molar-refractivity contribution >= 4 is 5.84 Å². The maximum Gasteiger partial charge on any atom is 0.0964 e. The second-order valence-corrected chi connectivity index (χ2v) is 4.88. The van der Waals surface area contributed by atoms with Crippen molar-refractivity contribution in [2.75, 3.05) is 13.1 Å². The molecular weight excluding hydrogens is 160 g/mol. The summed E-state index contributed by atoms with van der Waals surface area (Å²) in [6.07, 6.45) is 4.05. The van der Waals surface area contributed by atoms with E-state index in [0.717, 1.165) is 0 Å². The Balaban J connectivity index is 2.54. The molecule has 0 aromatic carbocycles. The van der Waals surface area contributed by atoms with Crippen molar-refractivity contribution in [2.24, 2.45) is 4.99 Å². The van der Waals surface area contributed by atoms with E-state index >= 15 is 0 Å². The van der Waals surface area contributed by atoms with Gasteiger partial charge >= 0.3 is 0 Å². The Hall–Kier alpha value is -0.530. The minimum Gasteiger partial charge on any atom is -0.361 e. The zero-order valence-electron chi connectivity index (χ0n) is 9.43. The third-order valence-corrected chi connectivity index (χ3v) is 2.31.